The molecule has 0 aromatic heterocycles. The van der Waals surface area contributed by atoms with Crippen molar-refractivity contribution in [2.24, 2.45) is 0 Å². The molecule has 0 radical (unpaired) electrons. The van der Waals surface area contributed by atoms with E-state index in [-0.39, 0.29) is 29.8 Å². The predicted molar refractivity (Wildman–Crippen MR) is 181 cm³/mol. The molecular formula is C35H37Cl2N3O4S. The first-order valence-electron chi connectivity index (χ1n) is 14.7. The molecule has 2 atom stereocenters. The fourth-order valence-electron chi connectivity index (χ4n) is 4.76. The van der Waals surface area contributed by atoms with Crippen LogP contribution in [0.4, 0.5) is 5.69 Å². The van der Waals surface area contributed by atoms with Gasteiger partial charge in [-0.05, 0) is 79.9 Å². The van der Waals surface area contributed by atoms with E-state index in [1.54, 1.807) is 48.5 Å². The van der Waals surface area contributed by atoms with Gasteiger partial charge in [0, 0.05) is 29.1 Å². The van der Waals surface area contributed by atoms with E-state index in [2.05, 4.69) is 5.32 Å². The number of hydrogen-bond donors (Lipinski definition) is 1. The number of amides is 2. The van der Waals surface area contributed by atoms with Gasteiger partial charge in [0.2, 0.25) is 11.8 Å². The Morgan fingerprint density at radius 2 is 1.38 bits per heavy atom. The molecule has 0 bridgehead atoms. The normalized spacial score (nSPS) is 12.6. The summed E-state index contributed by atoms with van der Waals surface area (Å²) in [5.41, 5.74) is 2.85. The smallest absolute Gasteiger partial charge is 0.264 e. The average molecular weight is 667 g/mol. The molecule has 4 rings (SSSR count). The monoisotopic (exact) mass is 665 g/mol. The molecule has 0 heterocycles. The topological polar surface area (TPSA) is 86.8 Å². The van der Waals surface area contributed by atoms with Crippen LogP contribution in [0.1, 0.15) is 37.0 Å². The lowest BCUT2D eigenvalue weighted by Gasteiger charge is -2.34. The molecule has 1 N–H and O–H groups in total. The minimum absolute atomic E-state index is 0.0140. The van der Waals surface area contributed by atoms with Gasteiger partial charge >= 0.3 is 0 Å². The summed E-state index contributed by atoms with van der Waals surface area (Å²) in [6.45, 7) is 5.29. The number of carbonyl (C=O) groups is 2. The molecule has 45 heavy (non-hydrogen) atoms. The zero-order valence-electron chi connectivity index (χ0n) is 25.5. The average Bonchev–Trinajstić information content (AvgIpc) is 3.03. The van der Waals surface area contributed by atoms with Crippen LogP contribution in [0.2, 0.25) is 10.0 Å². The summed E-state index contributed by atoms with van der Waals surface area (Å²) < 4.78 is 29.2. The first-order chi connectivity index (χ1) is 21.5. The molecule has 0 saturated heterocycles. The summed E-state index contributed by atoms with van der Waals surface area (Å²) in [6, 6.07) is 28.1. The van der Waals surface area contributed by atoms with Crippen LogP contribution in [-0.2, 0) is 32.6 Å². The second kappa shape index (κ2) is 15.4. The van der Waals surface area contributed by atoms with E-state index in [4.69, 9.17) is 23.2 Å². The van der Waals surface area contributed by atoms with Gasteiger partial charge < -0.3 is 10.2 Å². The van der Waals surface area contributed by atoms with Crippen molar-refractivity contribution >= 4 is 50.7 Å². The summed E-state index contributed by atoms with van der Waals surface area (Å²) in [5.74, 6) is -0.860. The van der Waals surface area contributed by atoms with Crippen LogP contribution in [0.3, 0.4) is 0 Å². The molecule has 0 fully saturated rings. The molecule has 0 unspecified atom stereocenters. The molecule has 236 valence electrons. The maximum atomic E-state index is 14.5. The number of anilines is 1. The molecule has 0 saturated carbocycles. The largest absolute Gasteiger partial charge is 0.352 e. The number of nitrogens with zero attached hydrogens (tertiary/aromatic N) is 2. The van der Waals surface area contributed by atoms with Crippen molar-refractivity contribution in [1.29, 1.82) is 0 Å². The van der Waals surface area contributed by atoms with Crippen LogP contribution >= 0.6 is 23.2 Å². The van der Waals surface area contributed by atoms with Gasteiger partial charge in [0.05, 0.1) is 10.6 Å². The number of aryl methyl sites for hydroxylation is 1. The maximum Gasteiger partial charge on any atom is 0.264 e. The predicted octanol–water partition coefficient (Wildman–Crippen LogP) is 7.05. The second-order valence-electron chi connectivity index (χ2n) is 11.0. The summed E-state index contributed by atoms with van der Waals surface area (Å²) in [6.07, 6.45) is 0.937. The lowest BCUT2D eigenvalue weighted by atomic mass is 10.0. The number of hydrogen-bond acceptors (Lipinski definition) is 4. The van der Waals surface area contributed by atoms with Gasteiger partial charge in [-0.1, -0.05) is 90.3 Å². The summed E-state index contributed by atoms with van der Waals surface area (Å²) in [5, 5.41) is 3.95. The minimum atomic E-state index is -4.21. The van der Waals surface area contributed by atoms with Gasteiger partial charge in [-0.3, -0.25) is 13.9 Å². The van der Waals surface area contributed by atoms with E-state index >= 15 is 0 Å². The lowest BCUT2D eigenvalue weighted by molar-refractivity contribution is -0.140. The molecule has 10 heteroatoms. The number of halogens is 2. The molecule has 0 aliphatic heterocycles. The summed E-state index contributed by atoms with van der Waals surface area (Å²) in [7, 11) is -4.21. The van der Waals surface area contributed by atoms with E-state index in [9.17, 15) is 18.0 Å². The fourth-order valence-corrected chi connectivity index (χ4v) is 6.42. The van der Waals surface area contributed by atoms with Crippen LogP contribution in [0.15, 0.2) is 108 Å². The number of nitrogens with one attached hydrogen (secondary N) is 1. The van der Waals surface area contributed by atoms with Crippen LogP contribution in [-0.4, -0.2) is 43.8 Å². The first-order valence-corrected chi connectivity index (χ1v) is 16.9. The Kier molecular flexibility index (Phi) is 11.7. The third kappa shape index (κ3) is 9.10. The van der Waals surface area contributed by atoms with Crippen LogP contribution in [0.25, 0.3) is 0 Å². The third-order valence-electron chi connectivity index (χ3n) is 7.54. The Morgan fingerprint density at radius 3 is 1.96 bits per heavy atom. The molecule has 7 nitrogen and oxygen atoms in total. The summed E-state index contributed by atoms with van der Waals surface area (Å²) in [4.78, 5) is 29.8. The first kappa shape index (κ1) is 34.0. The van der Waals surface area contributed by atoms with Crippen molar-refractivity contribution in [3.63, 3.8) is 0 Å². The van der Waals surface area contributed by atoms with Crippen molar-refractivity contribution in [1.82, 2.24) is 10.2 Å². The Morgan fingerprint density at radius 1 is 0.800 bits per heavy atom. The third-order valence-corrected chi connectivity index (χ3v) is 9.83. The number of carbonyl (C=O) groups excluding carboxylic acids is 2. The van der Waals surface area contributed by atoms with Crippen LogP contribution in [0, 0.1) is 6.92 Å². The lowest BCUT2D eigenvalue weighted by Crippen LogP contribution is -2.54. The van der Waals surface area contributed by atoms with Gasteiger partial charge in [-0.2, -0.15) is 0 Å². The fraction of sp³-hybridized carbons (Fsp3) is 0.257. The molecule has 4 aromatic carbocycles. The number of rotatable bonds is 13. The highest BCUT2D eigenvalue weighted by atomic mass is 35.5. The van der Waals surface area contributed by atoms with E-state index in [0.29, 0.717) is 22.2 Å². The molecule has 2 amide bonds. The van der Waals surface area contributed by atoms with Crippen molar-refractivity contribution < 1.29 is 18.0 Å². The molecule has 0 spiro atoms. The quantitative estimate of drug-likeness (QED) is 0.166. The zero-order chi connectivity index (χ0) is 32.6. The van der Waals surface area contributed by atoms with E-state index in [1.165, 1.54) is 29.2 Å². The highest BCUT2D eigenvalue weighted by molar-refractivity contribution is 7.92. The van der Waals surface area contributed by atoms with E-state index in [1.807, 2.05) is 51.1 Å². The molecule has 0 aliphatic carbocycles. The molecule has 4 aromatic rings. The van der Waals surface area contributed by atoms with Crippen molar-refractivity contribution in [2.45, 2.75) is 57.1 Å². The van der Waals surface area contributed by atoms with Crippen molar-refractivity contribution in [2.75, 3.05) is 10.8 Å². The van der Waals surface area contributed by atoms with Crippen molar-refractivity contribution in [3.05, 3.63) is 130 Å². The van der Waals surface area contributed by atoms with E-state index in [0.717, 1.165) is 21.0 Å². The van der Waals surface area contributed by atoms with Crippen LogP contribution < -0.4 is 9.62 Å². The van der Waals surface area contributed by atoms with Gasteiger partial charge in [-0.25, -0.2) is 8.42 Å². The van der Waals surface area contributed by atoms with Gasteiger partial charge in [-0.15, -0.1) is 0 Å². The Hall–Kier alpha value is -3.85. The van der Waals surface area contributed by atoms with Crippen LogP contribution in [0.5, 0.6) is 0 Å². The molecule has 0 aliphatic rings. The highest BCUT2D eigenvalue weighted by Gasteiger charge is 2.35. The Labute approximate surface area is 275 Å². The molecular weight excluding hydrogens is 629 g/mol. The standard InChI is InChI=1S/C35H37Cl2N3O4S/c1-4-26(3)38-35(42)33(22-27-8-6-5-7-9-27)39(23-28-12-14-29(36)15-13-28)34(41)24-40(31-18-10-25(2)11-19-31)45(43,44)32-20-16-30(37)17-21-32/h5-21,26,33H,4,22-24H2,1-3H3,(H,38,42)/t26-,33-/m0/s1. The van der Waals surface area contributed by atoms with Crippen molar-refractivity contribution in [3.8, 4) is 0 Å². The Balaban J connectivity index is 1.80. The zero-order valence-corrected chi connectivity index (χ0v) is 27.8. The Bertz CT molecular complexity index is 1680. The number of benzene rings is 4. The maximum absolute atomic E-state index is 14.5. The van der Waals surface area contributed by atoms with E-state index < -0.39 is 28.5 Å². The van der Waals surface area contributed by atoms with Gasteiger partial charge in [0.25, 0.3) is 10.0 Å². The minimum Gasteiger partial charge on any atom is -0.352 e. The number of sulfonamides is 1. The van der Waals surface area contributed by atoms with Gasteiger partial charge in [0.15, 0.2) is 0 Å². The summed E-state index contributed by atoms with van der Waals surface area (Å²) >= 11 is 12.2. The highest BCUT2D eigenvalue weighted by Crippen LogP contribution is 2.26. The van der Waals surface area contributed by atoms with Gasteiger partial charge in [0.1, 0.15) is 12.6 Å². The second-order valence-corrected chi connectivity index (χ2v) is 13.7. The SMILES string of the molecule is CC[C@H](C)NC(=O)[C@H](Cc1ccccc1)N(Cc1ccc(Cl)cc1)C(=O)CN(c1ccc(C)cc1)S(=O)(=O)c1ccc(Cl)cc1.